The summed E-state index contributed by atoms with van der Waals surface area (Å²) in [6, 6.07) is 12.5. The first-order chi connectivity index (χ1) is 18.6. The number of ether oxygens (including phenoxy) is 2. The molecule has 2 aromatic rings. The summed E-state index contributed by atoms with van der Waals surface area (Å²) in [5.41, 5.74) is 0.268. The number of likely N-dealkylation sites (tertiary alicyclic amines) is 1. The van der Waals surface area contributed by atoms with Gasteiger partial charge in [0.15, 0.2) is 0 Å². The molecule has 3 unspecified atom stereocenters. The van der Waals surface area contributed by atoms with Gasteiger partial charge in [0.2, 0.25) is 5.91 Å². The minimum absolute atomic E-state index is 0.119. The lowest BCUT2D eigenvalue weighted by Crippen LogP contribution is -2.68. The van der Waals surface area contributed by atoms with E-state index in [1.165, 1.54) is 13.8 Å². The van der Waals surface area contributed by atoms with Crippen molar-refractivity contribution >= 4 is 41.0 Å². The van der Waals surface area contributed by atoms with E-state index in [2.05, 4.69) is 16.8 Å². The minimum Gasteiger partial charge on any atom is -0.457 e. The Morgan fingerprint density at radius 2 is 1.90 bits per heavy atom. The van der Waals surface area contributed by atoms with Gasteiger partial charge in [0.05, 0.1) is 16.5 Å². The third-order valence-corrected chi connectivity index (χ3v) is 8.52. The van der Waals surface area contributed by atoms with Gasteiger partial charge in [0, 0.05) is 38.4 Å². The molecule has 39 heavy (non-hydrogen) atoms. The number of carbonyl (C=O) groups excluding carboxylic acids is 3. The van der Waals surface area contributed by atoms with Gasteiger partial charge in [0.25, 0.3) is 0 Å². The van der Waals surface area contributed by atoms with Crippen molar-refractivity contribution in [1.29, 1.82) is 0 Å². The fourth-order valence-electron chi connectivity index (χ4n) is 6.28. The van der Waals surface area contributed by atoms with E-state index in [4.69, 9.17) is 32.7 Å². The molecule has 9 heteroatoms. The van der Waals surface area contributed by atoms with Crippen LogP contribution in [0.4, 0.5) is 0 Å². The van der Waals surface area contributed by atoms with Crippen LogP contribution in [0, 0.1) is 0 Å². The van der Waals surface area contributed by atoms with Gasteiger partial charge >= 0.3 is 11.9 Å². The maximum absolute atomic E-state index is 13.1. The zero-order valence-corrected chi connectivity index (χ0v) is 23.8. The van der Waals surface area contributed by atoms with Gasteiger partial charge < -0.3 is 14.8 Å². The number of carbonyl (C=O) groups is 3. The van der Waals surface area contributed by atoms with E-state index in [0.717, 1.165) is 17.7 Å². The third kappa shape index (κ3) is 6.48. The highest BCUT2D eigenvalue weighted by molar-refractivity contribution is 6.42. The van der Waals surface area contributed by atoms with Crippen LogP contribution in [0.15, 0.2) is 55.1 Å². The van der Waals surface area contributed by atoms with Crippen molar-refractivity contribution in [3.8, 4) is 5.75 Å². The normalized spacial score (nSPS) is 24.8. The predicted octanol–water partition coefficient (Wildman–Crippen LogP) is 5.26. The average Bonchev–Trinajstić information content (AvgIpc) is 2.86. The molecule has 0 bridgehead atoms. The maximum atomic E-state index is 13.1. The number of amides is 1. The third-order valence-electron chi connectivity index (χ3n) is 7.79. The first-order valence-corrected chi connectivity index (χ1v) is 13.9. The van der Waals surface area contributed by atoms with E-state index in [1.807, 2.05) is 24.3 Å². The van der Waals surface area contributed by atoms with Crippen LogP contribution in [-0.2, 0) is 31.0 Å². The van der Waals surface area contributed by atoms with Crippen molar-refractivity contribution in [2.45, 2.75) is 63.0 Å². The number of esters is 2. The molecular formula is C30H34Cl2N2O5. The SMILES string of the molecule is C=CCN1CCC2(c3cccc(OC(C)=O)c3)CC(NC(=O)Cc3ccc(Cl)c(Cl)c3)CCC2(OC(C)=O)C1. The van der Waals surface area contributed by atoms with Crippen molar-refractivity contribution < 1.29 is 23.9 Å². The number of hydrogen-bond acceptors (Lipinski definition) is 6. The quantitative estimate of drug-likeness (QED) is 0.264. The minimum atomic E-state index is -0.820. The molecule has 1 saturated heterocycles. The summed E-state index contributed by atoms with van der Waals surface area (Å²) in [6.45, 7) is 8.66. The number of nitrogens with zero attached hydrogens (tertiary/aromatic N) is 1. The number of benzene rings is 2. The first kappa shape index (κ1) is 29.1. The Kier molecular flexibility index (Phi) is 9.04. The molecule has 1 aliphatic heterocycles. The van der Waals surface area contributed by atoms with Crippen molar-refractivity contribution in [1.82, 2.24) is 10.2 Å². The van der Waals surface area contributed by atoms with Crippen LogP contribution in [0.1, 0.15) is 50.7 Å². The largest absolute Gasteiger partial charge is 0.457 e. The fraction of sp³-hybridized carbons (Fsp3) is 0.433. The van der Waals surface area contributed by atoms with Crippen LogP contribution < -0.4 is 10.1 Å². The van der Waals surface area contributed by atoms with Gasteiger partial charge in [-0.1, -0.05) is 47.5 Å². The molecule has 0 radical (unpaired) electrons. The van der Waals surface area contributed by atoms with Crippen LogP contribution in [0.3, 0.4) is 0 Å². The van der Waals surface area contributed by atoms with E-state index < -0.39 is 17.0 Å². The summed E-state index contributed by atoms with van der Waals surface area (Å²) in [5.74, 6) is -0.442. The molecule has 2 aliphatic rings. The second-order valence-corrected chi connectivity index (χ2v) is 11.3. The number of piperidine rings is 1. The molecule has 1 N–H and O–H groups in total. The van der Waals surface area contributed by atoms with Gasteiger partial charge in [-0.25, -0.2) is 0 Å². The Labute approximate surface area is 239 Å². The van der Waals surface area contributed by atoms with E-state index in [9.17, 15) is 14.4 Å². The number of hydrogen-bond donors (Lipinski definition) is 1. The number of nitrogens with one attached hydrogen (secondary N) is 1. The molecule has 1 aliphatic carbocycles. The van der Waals surface area contributed by atoms with E-state index >= 15 is 0 Å². The molecule has 2 aromatic carbocycles. The Hall–Kier alpha value is -2.87. The monoisotopic (exact) mass is 572 g/mol. The highest BCUT2D eigenvalue weighted by Gasteiger charge is 2.60. The van der Waals surface area contributed by atoms with Crippen LogP contribution in [0.2, 0.25) is 10.0 Å². The van der Waals surface area contributed by atoms with E-state index in [-0.39, 0.29) is 24.3 Å². The van der Waals surface area contributed by atoms with E-state index in [1.54, 1.807) is 24.3 Å². The van der Waals surface area contributed by atoms with Gasteiger partial charge in [-0.15, -0.1) is 6.58 Å². The molecule has 0 spiro atoms. The first-order valence-electron chi connectivity index (χ1n) is 13.1. The molecule has 0 aromatic heterocycles. The van der Waals surface area contributed by atoms with Crippen molar-refractivity contribution in [3.05, 3.63) is 76.3 Å². The highest BCUT2D eigenvalue weighted by atomic mass is 35.5. The smallest absolute Gasteiger partial charge is 0.308 e. The average molecular weight is 574 g/mol. The molecule has 7 nitrogen and oxygen atoms in total. The van der Waals surface area contributed by atoms with Gasteiger partial charge in [-0.05, 0) is 67.6 Å². The zero-order chi connectivity index (χ0) is 28.2. The maximum Gasteiger partial charge on any atom is 0.308 e. The summed E-state index contributed by atoms with van der Waals surface area (Å²) in [5, 5.41) is 4.06. The summed E-state index contributed by atoms with van der Waals surface area (Å²) in [4.78, 5) is 39.5. The summed E-state index contributed by atoms with van der Waals surface area (Å²) in [6.07, 6.45) is 4.49. The standard InChI is InChI=1S/C30H34Cl2N2O5/c1-4-13-34-14-12-29(23-6-5-7-25(17-23)38-20(2)35)18-24(10-11-30(29,19-34)39-21(3)36)33-28(37)16-22-8-9-26(31)27(32)15-22/h4-9,15,17,24H,1,10-14,16,18-19H2,2-3H3,(H,33,37). The Morgan fingerprint density at radius 3 is 2.59 bits per heavy atom. The highest BCUT2D eigenvalue weighted by Crippen LogP contribution is 2.54. The Bertz CT molecular complexity index is 1270. The van der Waals surface area contributed by atoms with Crippen molar-refractivity contribution in [2.75, 3.05) is 19.6 Å². The lowest BCUT2D eigenvalue weighted by molar-refractivity contribution is -0.186. The molecule has 1 heterocycles. The molecule has 3 atom stereocenters. The zero-order valence-electron chi connectivity index (χ0n) is 22.3. The number of fused-ring (bicyclic) bond motifs is 1. The fourth-order valence-corrected chi connectivity index (χ4v) is 6.61. The molecule has 1 saturated carbocycles. The van der Waals surface area contributed by atoms with Crippen molar-refractivity contribution in [2.24, 2.45) is 0 Å². The number of halogens is 2. The molecule has 208 valence electrons. The van der Waals surface area contributed by atoms with Crippen LogP contribution in [-0.4, -0.2) is 54.0 Å². The van der Waals surface area contributed by atoms with Crippen LogP contribution in [0.25, 0.3) is 0 Å². The lowest BCUT2D eigenvalue weighted by atomic mass is 9.55. The molecular weight excluding hydrogens is 539 g/mol. The van der Waals surface area contributed by atoms with Gasteiger partial charge in [-0.2, -0.15) is 0 Å². The predicted molar refractivity (Wildman–Crippen MR) is 151 cm³/mol. The molecule has 4 rings (SSSR count). The van der Waals surface area contributed by atoms with Crippen molar-refractivity contribution in [3.63, 3.8) is 0 Å². The van der Waals surface area contributed by atoms with Gasteiger partial charge in [0.1, 0.15) is 11.4 Å². The Balaban J connectivity index is 1.67. The summed E-state index contributed by atoms with van der Waals surface area (Å²) < 4.78 is 11.7. The summed E-state index contributed by atoms with van der Waals surface area (Å²) >= 11 is 12.2. The topological polar surface area (TPSA) is 84.9 Å². The molecule has 1 amide bonds. The lowest BCUT2D eigenvalue weighted by Gasteiger charge is -2.59. The van der Waals surface area contributed by atoms with E-state index in [0.29, 0.717) is 54.6 Å². The Morgan fingerprint density at radius 1 is 1.10 bits per heavy atom. The summed E-state index contributed by atoms with van der Waals surface area (Å²) in [7, 11) is 0. The van der Waals surface area contributed by atoms with Crippen LogP contribution in [0.5, 0.6) is 5.75 Å². The van der Waals surface area contributed by atoms with Crippen LogP contribution >= 0.6 is 23.2 Å². The second kappa shape index (κ2) is 12.1. The van der Waals surface area contributed by atoms with Gasteiger partial charge in [-0.3, -0.25) is 19.3 Å². The molecule has 2 fully saturated rings. The number of rotatable bonds is 8. The second-order valence-electron chi connectivity index (χ2n) is 10.5.